The summed E-state index contributed by atoms with van der Waals surface area (Å²) in [7, 11) is 1.45. The molecule has 21 heavy (non-hydrogen) atoms. The predicted molar refractivity (Wildman–Crippen MR) is 81.8 cm³/mol. The lowest BCUT2D eigenvalue weighted by Gasteiger charge is -2.32. The van der Waals surface area contributed by atoms with E-state index >= 15 is 0 Å². The highest BCUT2D eigenvalue weighted by Gasteiger charge is 2.25. The fourth-order valence-electron chi connectivity index (χ4n) is 2.90. The van der Waals surface area contributed by atoms with Crippen LogP contribution in [0.2, 0.25) is 0 Å². The lowest BCUT2D eigenvalue weighted by atomic mass is 9.80. The summed E-state index contributed by atoms with van der Waals surface area (Å²) in [6.07, 6.45) is 3.67. The van der Waals surface area contributed by atoms with Gasteiger partial charge in [0.25, 0.3) is 0 Å². The van der Waals surface area contributed by atoms with Crippen LogP contribution >= 0.6 is 0 Å². The molecule has 0 aromatic heterocycles. The third-order valence-corrected chi connectivity index (χ3v) is 4.67. The Kier molecular flexibility index (Phi) is 5.59. The van der Waals surface area contributed by atoms with E-state index in [1.54, 1.807) is 12.1 Å². The van der Waals surface area contributed by atoms with E-state index in [1.807, 2.05) is 0 Å². The van der Waals surface area contributed by atoms with Crippen molar-refractivity contribution in [1.29, 1.82) is 0 Å². The van der Waals surface area contributed by atoms with Gasteiger partial charge < -0.3 is 15.2 Å². The Labute approximate surface area is 126 Å². The molecule has 0 radical (unpaired) electrons. The number of nitrogens with two attached hydrogens (primary N) is 1. The summed E-state index contributed by atoms with van der Waals surface area (Å²) in [5.41, 5.74) is 6.84. The van der Waals surface area contributed by atoms with Crippen LogP contribution < -0.4 is 10.5 Å². The van der Waals surface area contributed by atoms with Crippen molar-refractivity contribution in [3.05, 3.63) is 29.6 Å². The molecule has 0 bridgehead atoms. The maximum Gasteiger partial charge on any atom is 0.165 e. The minimum Gasteiger partial charge on any atom is -0.494 e. The zero-order valence-corrected chi connectivity index (χ0v) is 13.1. The Hall–Kier alpha value is -1.13. The van der Waals surface area contributed by atoms with E-state index < -0.39 is 0 Å². The van der Waals surface area contributed by atoms with Crippen LogP contribution in [-0.2, 0) is 4.74 Å². The smallest absolute Gasteiger partial charge is 0.165 e. The van der Waals surface area contributed by atoms with Gasteiger partial charge in [0.15, 0.2) is 11.6 Å². The summed E-state index contributed by atoms with van der Waals surface area (Å²) in [6, 6.07) is 4.52. The largest absolute Gasteiger partial charge is 0.494 e. The summed E-state index contributed by atoms with van der Waals surface area (Å²) in [5, 5.41) is 0. The second-order valence-electron chi connectivity index (χ2n) is 6.22. The second kappa shape index (κ2) is 7.23. The number of hydrogen-bond donors (Lipinski definition) is 1. The van der Waals surface area contributed by atoms with E-state index in [0.29, 0.717) is 12.5 Å². The third kappa shape index (κ3) is 4.17. The first-order valence-corrected chi connectivity index (χ1v) is 7.72. The highest BCUT2D eigenvalue weighted by atomic mass is 19.1. The van der Waals surface area contributed by atoms with E-state index in [2.05, 4.69) is 13.8 Å². The summed E-state index contributed by atoms with van der Waals surface area (Å²) in [4.78, 5) is 0. The molecule has 118 valence electrons. The molecular weight excluding hydrogens is 269 g/mol. The van der Waals surface area contributed by atoms with Gasteiger partial charge in [-0.05, 0) is 48.8 Å². The number of hydrogen-bond acceptors (Lipinski definition) is 3. The van der Waals surface area contributed by atoms with E-state index in [-0.39, 0.29) is 23.7 Å². The lowest BCUT2D eigenvalue weighted by molar-refractivity contribution is -0.00365. The number of benzene rings is 1. The van der Waals surface area contributed by atoms with Gasteiger partial charge >= 0.3 is 0 Å². The summed E-state index contributed by atoms with van der Waals surface area (Å²) >= 11 is 0. The number of ether oxygens (including phenoxy) is 2. The summed E-state index contributed by atoms with van der Waals surface area (Å²) < 4.78 is 24.5. The van der Waals surface area contributed by atoms with Crippen molar-refractivity contribution in [3.8, 4) is 5.75 Å². The quantitative estimate of drug-likeness (QED) is 0.901. The Morgan fingerprint density at radius 3 is 2.67 bits per heavy atom. The van der Waals surface area contributed by atoms with Crippen LogP contribution in [0, 0.1) is 17.7 Å². The molecule has 4 heteroatoms. The van der Waals surface area contributed by atoms with Crippen LogP contribution in [0.5, 0.6) is 5.75 Å². The first-order valence-electron chi connectivity index (χ1n) is 7.72. The summed E-state index contributed by atoms with van der Waals surface area (Å²) in [6.45, 7) is 5.00. The van der Waals surface area contributed by atoms with Gasteiger partial charge in [-0.25, -0.2) is 4.39 Å². The van der Waals surface area contributed by atoms with Crippen LogP contribution in [-0.4, -0.2) is 19.8 Å². The summed E-state index contributed by atoms with van der Waals surface area (Å²) in [5.74, 6) is 1.32. The molecule has 0 spiro atoms. The van der Waals surface area contributed by atoms with Crippen LogP contribution in [0.25, 0.3) is 0 Å². The van der Waals surface area contributed by atoms with Crippen molar-refractivity contribution in [2.75, 3.05) is 13.7 Å². The first kappa shape index (κ1) is 16.2. The Morgan fingerprint density at radius 1 is 1.29 bits per heavy atom. The topological polar surface area (TPSA) is 44.5 Å². The molecule has 1 aromatic carbocycles. The fourth-order valence-corrected chi connectivity index (χ4v) is 2.90. The van der Waals surface area contributed by atoms with Crippen molar-refractivity contribution < 1.29 is 13.9 Å². The molecule has 2 rings (SSSR count). The maximum absolute atomic E-state index is 13.7. The van der Waals surface area contributed by atoms with Crippen molar-refractivity contribution >= 4 is 0 Å². The van der Waals surface area contributed by atoms with Crippen LogP contribution in [0.3, 0.4) is 0 Å². The maximum atomic E-state index is 13.7. The highest BCUT2D eigenvalue weighted by molar-refractivity contribution is 5.30. The fraction of sp³-hybridized carbons (Fsp3) is 0.647. The normalized spacial score (nSPS) is 27.4. The third-order valence-electron chi connectivity index (χ3n) is 4.67. The Bertz CT molecular complexity index is 466. The molecule has 1 aliphatic carbocycles. The minimum absolute atomic E-state index is 0.238. The van der Waals surface area contributed by atoms with Gasteiger partial charge in [-0.1, -0.05) is 19.9 Å². The molecular formula is C17H26FNO2. The molecule has 0 amide bonds. The Balaban J connectivity index is 1.87. The molecule has 4 atom stereocenters. The van der Waals surface area contributed by atoms with E-state index in [4.69, 9.17) is 15.2 Å². The standard InChI is InChI=1S/C17H26FNO2/c1-11-4-6-14(8-12(11)2)21-10-16(19)13-5-7-17(20-3)15(18)9-13/h5,7,9,11-12,14,16H,4,6,8,10,19H2,1-3H3. The zero-order valence-electron chi connectivity index (χ0n) is 13.1. The molecule has 1 aromatic rings. The molecule has 1 fully saturated rings. The number of rotatable bonds is 5. The molecule has 1 aliphatic rings. The van der Waals surface area contributed by atoms with Gasteiger partial charge in [0, 0.05) is 0 Å². The average Bonchev–Trinajstić information content (AvgIpc) is 2.48. The van der Waals surface area contributed by atoms with Crippen molar-refractivity contribution in [1.82, 2.24) is 0 Å². The van der Waals surface area contributed by atoms with E-state index in [1.165, 1.54) is 19.6 Å². The minimum atomic E-state index is -0.384. The molecule has 0 aliphatic heterocycles. The highest BCUT2D eigenvalue weighted by Crippen LogP contribution is 2.31. The molecule has 4 unspecified atom stereocenters. The van der Waals surface area contributed by atoms with Gasteiger partial charge in [-0.3, -0.25) is 0 Å². The van der Waals surface area contributed by atoms with Gasteiger partial charge in [0.2, 0.25) is 0 Å². The predicted octanol–water partition coefficient (Wildman–Crippen LogP) is 3.68. The molecule has 1 saturated carbocycles. The van der Waals surface area contributed by atoms with Crippen molar-refractivity contribution in [3.63, 3.8) is 0 Å². The monoisotopic (exact) mass is 295 g/mol. The van der Waals surface area contributed by atoms with Gasteiger partial charge in [0.05, 0.1) is 25.9 Å². The van der Waals surface area contributed by atoms with Gasteiger partial charge in [-0.2, -0.15) is 0 Å². The lowest BCUT2D eigenvalue weighted by Crippen LogP contribution is -2.29. The number of halogens is 1. The van der Waals surface area contributed by atoms with E-state index in [9.17, 15) is 4.39 Å². The molecule has 2 N–H and O–H groups in total. The number of methoxy groups -OCH3 is 1. The second-order valence-corrected chi connectivity index (χ2v) is 6.22. The Morgan fingerprint density at radius 2 is 2.05 bits per heavy atom. The van der Waals surface area contributed by atoms with Crippen LogP contribution in [0.15, 0.2) is 18.2 Å². The first-order chi connectivity index (χ1) is 10.0. The zero-order chi connectivity index (χ0) is 15.4. The van der Waals surface area contributed by atoms with Crippen LogP contribution in [0.1, 0.15) is 44.7 Å². The van der Waals surface area contributed by atoms with Gasteiger partial charge in [-0.15, -0.1) is 0 Å². The SMILES string of the molecule is COc1ccc(C(N)COC2CCC(C)C(C)C2)cc1F. The van der Waals surface area contributed by atoms with Crippen molar-refractivity contribution in [2.24, 2.45) is 17.6 Å². The average molecular weight is 295 g/mol. The molecule has 0 heterocycles. The van der Waals surface area contributed by atoms with Gasteiger partial charge in [0.1, 0.15) is 0 Å². The van der Waals surface area contributed by atoms with Crippen LogP contribution in [0.4, 0.5) is 4.39 Å². The van der Waals surface area contributed by atoms with Crippen molar-refractivity contribution in [2.45, 2.75) is 45.3 Å². The molecule has 0 saturated heterocycles. The van der Waals surface area contributed by atoms with E-state index in [0.717, 1.165) is 24.3 Å². The molecule has 3 nitrogen and oxygen atoms in total.